The summed E-state index contributed by atoms with van der Waals surface area (Å²) in [6.07, 6.45) is 6.58. The molecule has 0 aromatic carbocycles. The molecular formula is C8H7ClN4. The number of nitrogens with zero attached hydrogens (tertiary/aromatic N) is 3. The van der Waals surface area contributed by atoms with E-state index >= 15 is 0 Å². The summed E-state index contributed by atoms with van der Waals surface area (Å²) in [7, 11) is 0. The minimum absolute atomic E-state index is 0.424. The Morgan fingerprint density at radius 2 is 2.15 bits per heavy atom. The smallest absolute Gasteiger partial charge is 0.157 e. The largest absolute Gasteiger partial charge is 0.340 e. The van der Waals surface area contributed by atoms with Crippen LogP contribution in [0.3, 0.4) is 0 Å². The lowest BCUT2D eigenvalue weighted by atomic mass is 10.4. The van der Waals surface area contributed by atoms with Gasteiger partial charge in [0.15, 0.2) is 5.82 Å². The Morgan fingerprint density at radius 1 is 1.23 bits per heavy atom. The first-order chi connectivity index (χ1) is 6.40. The number of hydrogen-bond acceptors (Lipinski definition) is 3. The van der Waals surface area contributed by atoms with Gasteiger partial charge in [-0.25, -0.2) is 9.97 Å². The molecule has 0 bridgehead atoms. The van der Waals surface area contributed by atoms with E-state index in [0.717, 1.165) is 11.4 Å². The Kier molecular flexibility index (Phi) is 2.23. The average Bonchev–Trinajstić information content (AvgIpc) is 2.67. The quantitative estimate of drug-likeness (QED) is 0.739. The maximum absolute atomic E-state index is 5.62. The van der Waals surface area contributed by atoms with E-state index in [1.807, 2.05) is 0 Å². The summed E-state index contributed by atoms with van der Waals surface area (Å²) in [6, 6.07) is 0. The highest BCUT2D eigenvalue weighted by Gasteiger charge is 2.02. The number of imidazole rings is 1. The van der Waals surface area contributed by atoms with Gasteiger partial charge in [0.2, 0.25) is 0 Å². The van der Waals surface area contributed by atoms with Crippen molar-refractivity contribution in [1.29, 1.82) is 0 Å². The molecule has 66 valence electrons. The molecule has 1 N–H and O–H groups in total. The number of alkyl halides is 1. The van der Waals surface area contributed by atoms with E-state index in [-0.39, 0.29) is 0 Å². The van der Waals surface area contributed by atoms with Crippen molar-refractivity contribution in [3.8, 4) is 11.5 Å². The molecule has 0 atom stereocenters. The monoisotopic (exact) mass is 194 g/mol. The summed E-state index contributed by atoms with van der Waals surface area (Å²) >= 11 is 5.62. The summed E-state index contributed by atoms with van der Waals surface area (Å²) in [5, 5.41) is 0. The lowest BCUT2D eigenvalue weighted by molar-refractivity contribution is 1.15. The molecule has 0 amide bonds. The fraction of sp³-hybridized carbons (Fsp3) is 0.125. The molecule has 13 heavy (non-hydrogen) atoms. The number of aromatic amines is 1. The zero-order chi connectivity index (χ0) is 9.10. The highest BCUT2D eigenvalue weighted by molar-refractivity contribution is 6.16. The van der Waals surface area contributed by atoms with Crippen molar-refractivity contribution in [1.82, 2.24) is 19.9 Å². The highest BCUT2D eigenvalue weighted by atomic mass is 35.5. The maximum atomic E-state index is 5.62. The van der Waals surface area contributed by atoms with Gasteiger partial charge in [0.05, 0.1) is 12.1 Å². The van der Waals surface area contributed by atoms with E-state index in [2.05, 4.69) is 19.9 Å². The molecule has 4 nitrogen and oxygen atoms in total. The molecule has 5 heteroatoms. The maximum Gasteiger partial charge on any atom is 0.157 e. The van der Waals surface area contributed by atoms with Crippen LogP contribution in [-0.4, -0.2) is 19.9 Å². The number of halogens is 1. The molecule has 2 rings (SSSR count). The normalized spacial score (nSPS) is 10.2. The van der Waals surface area contributed by atoms with Gasteiger partial charge in [-0.05, 0) is 0 Å². The number of H-pyrrole nitrogens is 1. The third-order valence-electron chi connectivity index (χ3n) is 1.58. The lowest BCUT2D eigenvalue weighted by Crippen LogP contribution is -1.86. The SMILES string of the molecule is ClCc1cnc(-c2cnccn2)[nH]1. The van der Waals surface area contributed by atoms with E-state index in [1.165, 1.54) is 0 Å². The summed E-state index contributed by atoms with van der Waals surface area (Å²) in [6.45, 7) is 0. The second kappa shape index (κ2) is 3.53. The molecule has 0 fully saturated rings. The van der Waals surface area contributed by atoms with Crippen molar-refractivity contribution >= 4 is 11.6 Å². The molecule has 0 unspecified atom stereocenters. The van der Waals surface area contributed by atoms with Gasteiger partial charge in [-0.1, -0.05) is 0 Å². The van der Waals surface area contributed by atoms with Gasteiger partial charge < -0.3 is 4.98 Å². The second-order valence-corrected chi connectivity index (χ2v) is 2.75. The minimum Gasteiger partial charge on any atom is -0.340 e. The van der Waals surface area contributed by atoms with Crippen LogP contribution in [0.2, 0.25) is 0 Å². The highest BCUT2D eigenvalue weighted by Crippen LogP contribution is 2.11. The molecule has 0 aliphatic carbocycles. The number of hydrogen-bond donors (Lipinski definition) is 1. The molecule has 0 aliphatic rings. The fourth-order valence-corrected chi connectivity index (χ4v) is 1.11. The van der Waals surface area contributed by atoms with Crippen molar-refractivity contribution in [3.05, 3.63) is 30.5 Å². The Morgan fingerprint density at radius 3 is 2.77 bits per heavy atom. The lowest BCUT2D eigenvalue weighted by Gasteiger charge is -1.92. The van der Waals surface area contributed by atoms with Crippen LogP contribution in [0, 0.1) is 0 Å². The predicted molar refractivity (Wildman–Crippen MR) is 49.2 cm³/mol. The van der Waals surface area contributed by atoms with Crippen molar-refractivity contribution in [2.45, 2.75) is 5.88 Å². The van der Waals surface area contributed by atoms with Crippen LogP contribution in [0.1, 0.15) is 5.69 Å². The van der Waals surface area contributed by atoms with Gasteiger partial charge >= 0.3 is 0 Å². The Labute approximate surface area is 80.0 Å². The zero-order valence-corrected chi connectivity index (χ0v) is 7.49. The molecule has 0 saturated carbocycles. The summed E-state index contributed by atoms with van der Waals surface area (Å²) in [4.78, 5) is 15.2. The Hall–Kier alpha value is -1.42. The summed E-state index contributed by atoms with van der Waals surface area (Å²) in [5.74, 6) is 1.12. The molecule has 0 spiro atoms. The van der Waals surface area contributed by atoms with Gasteiger partial charge in [-0.3, -0.25) is 4.98 Å². The molecule has 2 heterocycles. The third-order valence-corrected chi connectivity index (χ3v) is 1.87. The number of aromatic nitrogens is 4. The average molecular weight is 195 g/mol. The van der Waals surface area contributed by atoms with Crippen LogP contribution >= 0.6 is 11.6 Å². The van der Waals surface area contributed by atoms with Gasteiger partial charge in [0, 0.05) is 24.3 Å². The first-order valence-electron chi connectivity index (χ1n) is 3.76. The van der Waals surface area contributed by atoms with Gasteiger partial charge in [-0.15, -0.1) is 11.6 Å². The van der Waals surface area contributed by atoms with E-state index in [0.29, 0.717) is 11.7 Å². The van der Waals surface area contributed by atoms with Crippen LogP contribution in [0.5, 0.6) is 0 Å². The van der Waals surface area contributed by atoms with Crippen LogP contribution < -0.4 is 0 Å². The summed E-state index contributed by atoms with van der Waals surface area (Å²) < 4.78 is 0. The number of rotatable bonds is 2. The third kappa shape index (κ3) is 1.67. The van der Waals surface area contributed by atoms with Crippen LogP contribution in [0.25, 0.3) is 11.5 Å². The minimum atomic E-state index is 0.424. The molecule has 0 aliphatic heterocycles. The Balaban J connectivity index is 2.36. The standard InChI is InChI=1S/C8H7ClN4/c9-3-6-4-12-8(13-6)7-5-10-1-2-11-7/h1-2,4-5H,3H2,(H,12,13). The van der Waals surface area contributed by atoms with Crippen molar-refractivity contribution < 1.29 is 0 Å². The van der Waals surface area contributed by atoms with Crippen molar-refractivity contribution in [3.63, 3.8) is 0 Å². The Bertz CT molecular complexity index is 384. The van der Waals surface area contributed by atoms with E-state index in [4.69, 9.17) is 11.6 Å². The van der Waals surface area contributed by atoms with E-state index in [9.17, 15) is 0 Å². The topological polar surface area (TPSA) is 54.5 Å². The van der Waals surface area contributed by atoms with Gasteiger partial charge in [-0.2, -0.15) is 0 Å². The van der Waals surface area contributed by atoms with Gasteiger partial charge in [0.1, 0.15) is 5.69 Å². The predicted octanol–water partition coefficient (Wildman–Crippen LogP) is 1.61. The van der Waals surface area contributed by atoms with E-state index < -0.39 is 0 Å². The second-order valence-electron chi connectivity index (χ2n) is 2.48. The molecule has 2 aromatic rings. The first kappa shape index (κ1) is 8.19. The fourth-order valence-electron chi connectivity index (χ4n) is 0.979. The summed E-state index contributed by atoms with van der Waals surface area (Å²) in [5.41, 5.74) is 1.60. The first-order valence-corrected chi connectivity index (χ1v) is 4.30. The zero-order valence-electron chi connectivity index (χ0n) is 6.74. The van der Waals surface area contributed by atoms with Crippen LogP contribution in [0.15, 0.2) is 24.8 Å². The molecular weight excluding hydrogens is 188 g/mol. The molecule has 2 aromatic heterocycles. The van der Waals surface area contributed by atoms with Crippen LogP contribution in [-0.2, 0) is 5.88 Å². The molecule has 0 radical (unpaired) electrons. The van der Waals surface area contributed by atoms with Crippen LogP contribution in [0.4, 0.5) is 0 Å². The van der Waals surface area contributed by atoms with Crippen molar-refractivity contribution in [2.24, 2.45) is 0 Å². The van der Waals surface area contributed by atoms with E-state index in [1.54, 1.807) is 24.8 Å². The van der Waals surface area contributed by atoms with Crippen molar-refractivity contribution in [2.75, 3.05) is 0 Å². The molecule has 0 saturated heterocycles. The van der Waals surface area contributed by atoms with Gasteiger partial charge in [0.25, 0.3) is 0 Å². The number of nitrogens with one attached hydrogen (secondary N) is 1.